The maximum atomic E-state index is 9.98. The van der Waals surface area contributed by atoms with E-state index in [1.807, 2.05) is 26.2 Å². The molecule has 94 valence electrons. The summed E-state index contributed by atoms with van der Waals surface area (Å²) in [7, 11) is 4.08. The van der Waals surface area contributed by atoms with Crippen LogP contribution in [0.3, 0.4) is 0 Å². The molecular weight excluding hydrogens is 212 g/mol. The molecule has 0 aromatic heterocycles. The fraction of sp³-hybridized carbons (Fsp3) is 0.571. The lowest BCUT2D eigenvalue weighted by Gasteiger charge is -2.30. The Morgan fingerprint density at radius 2 is 1.88 bits per heavy atom. The summed E-state index contributed by atoms with van der Waals surface area (Å²) in [4.78, 5) is 2.09. The lowest BCUT2D eigenvalue weighted by molar-refractivity contribution is 0.116. The minimum atomic E-state index is -0.209. The second kappa shape index (κ2) is 5.41. The van der Waals surface area contributed by atoms with E-state index in [0.29, 0.717) is 0 Å². The number of benzene rings is 1. The van der Waals surface area contributed by atoms with Crippen LogP contribution in [0.2, 0.25) is 0 Å². The quantitative estimate of drug-likeness (QED) is 0.843. The van der Waals surface area contributed by atoms with Crippen molar-refractivity contribution in [2.75, 3.05) is 24.3 Å². The number of para-hydroxylation sites is 2. The highest BCUT2D eigenvalue weighted by Crippen LogP contribution is 2.28. The molecule has 1 aliphatic carbocycles. The third-order valence-electron chi connectivity index (χ3n) is 3.46. The number of aliphatic hydroxyl groups is 1. The molecule has 2 N–H and O–H groups in total. The molecule has 2 atom stereocenters. The maximum Gasteiger partial charge on any atom is 0.0741 e. The molecule has 0 saturated heterocycles. The van der Waals surface area contributed by atoms with Gasteiger partial charge in [-0.25, -0.2) is 0 Å². The van der Waals surface area contributed by atoms with E-state index in [2.05, 4.69) is 22.3 Å². The van der Waals surface area contributed by atoms with E-state index < -0.39 is 0 Å². The van der Waals surface area contributed by atoms with Gasteiger partial charge < -0.3 is 15.3 Å². The topological polar surface area (TPSA) is 35.5 Å². The molecule has 1 saturated carbocycles. The Balaban J connectivity index is 2.12. The molecule has 0 aliphatic heterocycles. The van der Waals surface area contributed by atoms with Gasteiger partial charge in [-0.3, -0.25) is 0 Å². The predicted octanol–water partition coefficient (Wildman–Crippen LogP) is 2.47. The minimum Gasteiger partial charge on any atom is -0.391 e. The molecule has 0 amide bonds. The summed E-state index contributed by atoms with van der Waals surface area (Å²) in [6.45, 7) is 0. The molecule has 1 aromatic carbocycles. The number of hydrogen-bond acceptors (Lipinski definition) is 3. The maximum absolute atomic E-state index is 9.98. The van der Waals surface area contributed by atoms with Crippen LogP contribution in [0.1, 0.15) is 25.7 Å². The van der Waals surface area contributed by atoms with Crippen molar-refractivity contribution < 1.29 is 5.11 Å². The highest BCUT2D eigenvalue weighted by molar-refractivity contribution is 5.69. The van der Waals surface area contributed by atoms with Crippen molar-refractivity contribution in [3.05, 3.63) is 24.3 Å². The van der Waals surface area contributed by atoms with Crippen molar-refractivity contribution in [1.82, 2.24) is 0 Å². The summed E-state index contributed by atoms with van der Waals surface area (Å²) in [6, 6.07) is 8.45. The molecule has 0 bridgehead atoms. The lowest BCUT2D eigenvalue weighted by atomic mass is 9.92. The average molecular weight is 234 g/mol. The molecule has 0 unspecified atom stereocenters. The summed E-state index contributed by atoms with van der Waals surface area (Å²) in [5, 5.41) is 13.5. The molecular formula is C14H22N2O. The van der Waals surface area contributed by atoms with Crippen LogP contribution in [0.15, 0.2) is 24.3 Å². The van der Waals surface area contributed by atoms with Crippen LogP contribution in [0.4, 0.5) is 11.4 Å². The normalized spacial score (nSPS) is 24.4. The number of rotatable bonds is 3. The van der Waals surface area contributed by atoms with E-state index in [1.54, 1.807) is 0 Å². The molecule has 17 heavy (non-hydrogen) atoms. The summed E-state index contributed by atoms with van der Waals surface area (Å²) >= 11 is 0. The number of nitrogens with one attached hydrogen (secondary N) is 1. The second-order valence-corrected chi connectivity index (χ2v) is 5.01. The van der Waals surface area contributed by atoms with Gasteiger partial charge in [-0.05, 0) is 25.0 Å². The Morgan fingerprint density at radius 1 is 1.18 bits per heavy atom. The van der Waals surface area contributed by atoms with Gasteiger partial charge >= 0.3 is 0 Å². The van der Waals surface area contributed by atoms with Gasteiger partial charge in [0.25, 0.3) is 0 Å². The van der Waals surface area contributed by atoms with E-state index in [-0.39, 0.29) is 12.1 Å². The van der Waals surface area contributed by atoms with Gasteiger partial charge in [0.2, 0.25) is 0 Å². The first-order valence-corrected chi connectivity index (χ1v) is 6.39. The SMILES string of the molecule is CN(C)c1ccccc1N[C@@H]1CCCC[C@H]1O. The Hall–Kier alpha value is -1.22. The van der Waals surface area contributed by atoms with Gasteiger partial charge in [0.15, 0.2) is 0 Å². The summed E-state index contributed by atoms with van der Waals surface area (Å²) < 4.78 is 0. The summed E-state index contributed by atoms with van der Waals surface area (Å²) in [6.07, 6.45) is 4.12. The monoisotopic (exact) mass is 234 g/mol. The minimum absolute atomic E-state index is 0.199. The van der Waals surface area contributed by atoms with Crippen molar-refractivity contribution in [2.45, 2.75) is 37.8 Å². The molecule has 3 nitrogen and oxygen atoms in total. The van der Waals surface area contributed by atoms with Gasteiger partial charge in [0, 0.05) is 14.1 Å². The number of nitrogens with zero attached hydrogens (tertiary/aromatic N) is 1. The largest absolute Gasteiger partial charge is 0.391 e. The van der Waals surface area contributed by atoms with Crippen LogP contribution in [-0.4, -0.2) is 31.3 Å². The predicted molar refractivity (Wildman–Crippen MR) is 72.7 cm³/mol. The van der Waals surface area contributed by atoms with Gasteiger partial charge in [-0.1, -0.05) is 25.0 Å². The number of hydrogen-bond donors (Lipinski definition) is 2. The second-order valence-electron chi connectivity index (χ2n) is 5.01. The zero-order chi connectivity index (χ0) is 12.3. The molecule has 0 radical (unpaired) electrons. The zero-order valence-corrected chi connectivity index (χ0v) is 10.7. The smallest absolute Gasteiger partial charge is 0.0741 e. The Bertz CT molecular complexity index is 365. The Morgan fingerprint density at radius 3 is 2.59 bits per heavy atom. The van der Waals surface area contributed by atoms with Crippen molar-refractivity contribution in [3.8, 4) is 0 Å². The number of anilines is 2. The first-order valence-electron chi connectivity index (χ1n) is 6.39. The highest BCUT2D eigenvalue weighted by Gasteiger charge is 2.23. The first kappa shape index (κ1) is 12.2. The van der Waals surface area contributed by atoms with Crippen molar-refractivity contribution in [3.63, 3.8) is 0 Å². The zero-order valence-electron chi connectivity index (χ0n) is 10.7. The third kappa shape index (κ3) is 2.91. The van der Waals surface area contributed by atoms with Crippen LogP contribution in [-0.2, 0) is 0 Å². The van der Waals surface area contributed by atoms with Gasteiger partial charge in [0.05, 0.1) is 23.5 Å². The van der Waals surface area contributed by atoms with E-state index >= 15 is 0 Å². The van der Waals surface area contributed by atoms with E-state index in [9.17, 15) is 5.11 Å². The Labute approximate surface area is 103 Å². The van der Waals surface area contributed by atoms with E-state index in [4.69, 9.17) is 0 Å². The molecule has 3 heteroatoms. The van der Waals surface area contributed by atoms with Gasteiger partial charge in [-0.2, -0.15) is 0 Å². The summed E-state index contributed by atoms with van der Waals surface area (Å²) in [5.41, 5.74) is 2.29. The fourth-order valence-electron chi connectivity index (χ4n) is 2.47. The fourth-order valence-corrected chi connectivity index (χ4v) is 2.47. The van der Waals surface area contributed by atoms with E-state index in [1.165, 1.54) is 12.1 Å². The third-order valence-corrected chi connectivity index (χ3v) is 3.46. The van der Waals surface area contributed by atoms with Crippen LogP contribution < -0.4 is 10.2 Å². The van der Waals surface area contributed by atoms with Gasteiger partial charge in [0.1, 0.15) is 0 Å². The molecule has 1 aliphatic rings. The van der Waals surface area contributed by atoms with E-state index in [0.717, 1.165) is 24.9 Å². The van der Waals surface area contributed by atoms with Crippen molar-refractivity contribution in [2.24, 2.45) is 0 Å². The van der Waals surface area contributed by atoms with Crippen molar-refractivity contribution in [1.29, 1.82) is 0 Å². The lowest BCUT2D eigenvalue weighted by Crippen LogP contribution is -2.36. The van der Waals surface area contributed by atoms with Crippen molar-refractivity contribution >= 4 is 11.4 Å². The summed E-state index contributed by atoms with van der Waals surface area (Å²) in [5.74, 6) is 0. The van der Waals surface area contributed by atoms with Crippen LogP contribution in [0.5, 0.6) is 0 Å². The van der Waals surface area contributed by atoms with Crippen LogP contribution in [0.25, 0.3) is 0 Å². The van der Waals surface area contributed by atoms with Crippen LogP contribution in [0, 0.1) is 0 Å². The van der Waals surface area contributed by atoms with Gasteiger partial charge in [-0.15, -0.1) is 0 Å². The number of aliphatic hydroxyl groups excluding tert-OH is 1. The Kier molecular flexibility index (Phi) is 3.89. The average Bonchev–Trinajstić information content (AvgIpc) is 2.32. The molecule has 1 aromatic rings. The standard InChI is InChI=1S/C14H22N2O/c1-16(2)13-9-5-3-7-11(13)15-12-8-4-6-10-14(12)17/h3,5,7,9,12,14-15,17H,4,6,8,10H2,1-2H3/t12-,14-/m1/s1. The molecule has 0 spiro atoms. The molecule has 0 heterocycles. The van der Waals surface area contributed by atoms with Crippen LogP contribution >= 0.6 is 0 Å². The molecule has 2 rings (SSSR count). The first-order chi connectivity index (χ1) is 8.18. The molecule has 1 fully saturated rings. The highest BCUT2D eigenvalue weighted by atomic mass is 16.3.